The number of sulfonamides is 1. The Morgan fingerprint density at radius 2 is 1.86 bits per heavy atom. The molecule has 11 nitrogen and oxygen atoms in total. The minimum atomic E-state index is -3.81. The van der Waals surface area contributed by atoms with E-state index in [1.54, 1.807) is 6.20 Å². The highest BCUT2D eigenvalue weighted by Gasteiger charge is 2.62. The van der Waals surface area contributed by atoms with Crippen molar-refractivity contribution in [2.45, 2.75) is 86.8 Å². The third-order valence-electron chi connectivity index (χ3n) is 8.80. The van der Waals surface area contributed by atoms with Crippen molar-refractivity contribution in [3.8, 4) is 5.88 Å². The number of nitrogens with zero attached hydrogens (tertiary/aromatic N) is 2. The van der Waals surface area contributed by atoms with Crippen molar-refractivity contribution < 1.29 is 27.5 Å². The van der Waals surface area contributed by atoms with Crippen LogP contribution in [0.3, 0.4) is 0 Å². The highest BCUT2D eigenvalue weighted by atomic mass is 35.5. The van der Waals surface area contributed by atoms with Crippen LogP contribution in [-0.2, 0) is 24.4 Å². The van der Waals surface area contributed by atoms with Crippen LogP contribution in [0.15, 0.2) is 48.7 Å². The van der Waals surface area contributed by atoms with E-state index in [9.17, 15) is 22.8 Å². The van der Waals surface area contributed by atoms with Crippen molar-refractivity contribution in [1.29, 1.82) is 0 Å². The second-order valence-electron chi connectivity index (χ2n) is 11.9. The number of carbonyl (C=O) groups excluding carboxylic acids is 3. The SMILES string of the molecule is Cl.Cl.NC1CCCCCC=CC2CC2(C(=O)NS(=O)(=O)C2CC2)NC(=O)C2CC(Oc3nccc4ccccc34)CN2C1=O. The number of allylic oxidation sites excluding steroid dienone is 1. The van der Waals surface area contributed by atoms with Crippen LogP contribution in [0.2, 0.25) is 0 Å². The second-order valence-corrected chi connectivity index (χ2v) is 13.9. The van der Waals surface area contributed by atoms with E-state index in [0.29, 0.717) is 25.1 Å². The van der Waals surface area contributed by atoms with E-state index in [1.165, 1.54) is 4.90 Å². The number of carbonyl (C=O) groups is 3. The Bertz CT molecular complexity index is 1530. The Balaban J connectivity index is 0.00000221. The van der Waals surface area contributed by atoms with Crippen LogP contribution < -0.4 is 20.5 Å². The van der Waals surface area contributed by atoms with E-state index >= 15 is 0 Å². The molecule has 1 aromatic carbocycles. The van der Waals surface area contributed by atoms with Gasteiger partial charge in [0.2, 0.25) is 27.7 Å². The van der Waals surface area contributed by atoms with Gasteiger partial charge in [-0.25, -0.2) is 13.4 Å². The number of fused-ring (bicyclic) bond motifs is 3. The van der Waals surface area contributed by atoms with Crippen LogP contribution in [0.1, 0.15) is 57.8 Å². The lowest BCUT2D eigenvalue weighted by molar-refractivity contribution is -0.140. The lowest BCUT2D eigenvalue weighted by Gasteiger charge is -2.28. The molecule has 6 rings (SSSR count). The molecule has 14 heteroatoms. The maximum Gasteiger partial charge on any atom is 0.259 e. The molecule has 1 saturated heterocycles. The van der Waals surface area contributed by atoms with Crippen LogP contribution in [-0.4, -0.2) is 71.5 Å². The van der Waals surface area contributed by atoms with Crippen LogP contribution >= 0.6 is 24.8 Å². The standard InChI is InChI=1S/C30H37N5O6S.2ClH/c31-24-11-5-3-1-2-4-9-20-17-30(20,29(38)34-42(39,40)22-12-13-22)33-26(36)25-16-21(18-35(25)28(24)37)41-27-23-10-7-6-8-19(23)14-15-32-27;;/h4,6-10,14-15,20-22,24-25H,1-3,5,11-13,16-18,31H2,(H,33,36)(H,34,38);2*1H. The molecule has 5 atom stereocenters. The Labute approximate surface area is 269 Å². The van der Waals surface area contributed by atoms with Gasteiger partial charge in [0.1, 0.15) is 17.7 Å². The summed E-state index contributed by atoms with van der Waals surface area (Å²) in [5.74, 6) is -1.55. The van der Waals surface area contributed by atoms with Crippen molar-refractivity contribution in [3.63, 3.8) is 0 Å². The first-order chi connectivity index (χ1) is 20.2. The Morgan fingerprint density at radius 3 is 2.64 bits per heavy atom. The summed E-state index contributed by atoms with van der Waals surface area (Å²) >= 11 is 0. The number of hydrogen-bond donors (Lipinski definition) is 3. The molecule has 0 radical (unpaired) electrons. The minimum Gasteiger partial charge on any atom is -0.472 e. The molecule has 2 saturated carbocycles. The summed E-state index contributed by atoms with van der Waals surface area (Å²) in [7, 11) is -3.81. The molecule has 4 aliphatic rings. The summed E-state index contributed by atoms with van der Waals surface area (Å²) in [4.78, 5) is 46.7. The van der Waals surface area contributed by atoms with E-state index in [2.05, 4.69) is 15.0 Å². The Kier molecular flexibility index (Phi) is 10.5. The summed E-state index contributed by atoms with van der Waals surface area (Å²) in [5.41, 5.74) is 4.93. The maximum atomic E-state index is 13.9. The molecule has 0 spiro atoms. The van der Waals surface area contributed by atoms with E-state index < -0.39 is 50.8 Å². The van der Waals surface area contributed by atoms with Gasteiger partial charge in [-0.1, -0.05) is 43.2 Å². The third kappa shape index (κ3) is 6.98. The molecule has 5 unspecified atom stereocenters. The molecule has 0 bridgehead atoms. The summed E-state index contributed by atoms with van der Waals surface area (Å²) in [5, 5.41) is 4.06. The van der Waals surface area contributed by atoms with Gasteiger partial charge in [0.25, 0.3) is 5.91 Å². The molecule has 2 aliphatic carbocycles. The molecule has 3 amide bonds. The van der Waals surface area contributed by atoms with Gasteiger partial charge in [-0.15, -0.1) is 24.8 Å². The zero-order valence-electron chi connectivity index (χ0n) is 24.2. The Hall–Kier alpha value is -2.93. The van der Waals surface area contributed by atoms with E-state index in [-0.39, 0.29) is 56.0 Å². The normalized spacial score (nSPS) is 29.1. The van der Waals surface area contributed by atoms with Crippen LogP contribution in [0.4, 0.5) is 0 Å². The number of amides is 3. The fourth-order valence-corrected chi connectivity index (χ4v) is 7.45. The number of pyridine rings is 1. The highest BCUT2D eigenvalue weighted by Crippen LogP contribution is 2.46. The molecule has 240 valence electrons. The largest absolute Gasteiger partial charge is 0.472 e. The van der Waals surface area contributed by atoms with Gasteiger partial charge < -0.3 is 20.7 Å². The fraction of sp³-hybridized carbons (Fsp3) is 0.533. The first-order valence-corrected chi connectivity index (χ1v) is 16.3. The topological polar surface area (TPSA) is 161 Å². The predicted octanol–water partition coefficient (Wildman–Crippen LogP) is 2.76. The predicted molar refractivity (Wildman–Crippen MR) is 170 cm³/mol. The summed E-state index contributed by atoms with van der Waals surface area (Å²) < 4.78 is 33.7. The van der Waals surface area contributed by atoms with Gasteiger partial charge in [0.05, 0.1) is 17.8 Å². The molecule has 2 aromatic rings. The quantitative estimate of drug-likeness (QED) is 0.410. The maximum absolute atomic E-state index is 13.9. The van der Waals surface area contributed by atoms with Crippen LogP contribution in [0.5, 0.6) is 5.88 Å². The van der Waals surface area contributed by atoms with Gasteiger partial charge in [0.15, 0.2) is 0 Å². The molecule has 2 aliphatic heterocycles. The van der Waals surface area contributed by atoms with E-state index in [0.717, 1.165) is 36.5 Å². The average Bonchev–Trinajstić information content (AvgIpc) is 3.89. The molecular formula is C30H39Cl2N5O6S. The minimum absolute atomic E-state index is 0. The first-order valence-electron chi connectivity index (χ1n) is 14.8. The molecule has 1 aromatic heterocycles. The number of nitrogens with one attached hydrogen (secondary N) is 2. The summed E-state index contributed by atoms with van der Waals surface area (Å²) in [6, 6.07) is 7.83. The molecule has 4 N–H and O–H groups in total. The van der Waals surface area contributed by atoms with E-state index in [4.69, 9.17) is 10.5 Å². The zero-order chi connectivity index (χ0) is 29.5. The lowest BCUT2D eigenvalue weighted by atomic mass is 10.1. The smallest absolute Gasteiger partial charge is 0.259 e. The fourth-order valence-electron chi connectivity index (χ4n) is 6.09. The van der Waals surface area contributed by atoms with Crippen molar-refractivity contribution in [1.82, 2.24) is 19.9 Å². The Morgan fingerprint density at radius 1 is 1.09 bits per heavy atom. The number of hydrogen-bond acceptors (Lipinski definition) is 8. The van der Waals surface area contributed by atoms with Gasteiger partial charge >= 0.3 is 0 Å². The molecular weight excluding hydrogens is 629 g/mol. The number of halogens is 2. The number of ether oxygens (including phenoxy) is 1. The van der Waals surface area contributed by atoms with E-state index in [1.807, 2.05) is 42.5 Å². The van der Waals surface area contributed by atoms with Crippen molar-refractivity contribution in [3.05, 3.63) is 48.7 Å². The number of benzene rings is 1. The average molecular weight is 669 g/mol. The molecule has 3 fully saturated rings. The monoisotopic (exact) mass is 667 g/mol. The van der Waals surface area contributed by atoms with Gasteiger partial charge in [0, 0.05) is 23.9 Å². The van der Waals surface area contributed by atoms with Gasteiger partial charge in [-0.05, 0) is 56.0 Å². The molecule has 3 heterocycles. The summed E-state index contributed by atoms with van der Waals surface area (Å²) in [6.07, 6.45) is 10.3. The third-order valence-corrected chi connectivity index (χ3v) is 10.6. The second kappa shape index (κ2) is 13.6. The highest BCUT2D eigenvalue weighted by molar-refractivity contribution is 7.91. The first kappa shape index (κ1) is 34.0. The summed E-state index contributed by atoms with van der Waals surface area (Å²) in [6.45, 7) is 0.133. The number of rotatable bonds is 5. The zero-order valence-corrected chi connectivity index (χ0v) is 26.7. The van der Waals surface area contributed by atoms with Gasteiger partial charge in [-0.2, -0.15) is 0 Å². The lowest BCUT2D eigenvalue weighted by Crippen LogP contribution is -2.57. The van der Waals surface area contributed by atoms with Crippen LogP contribution in [0, 0.1) is 5.92 Å². The van der Waals surface area contributed by atoms with Crippen molar-refractivity contribution in [2.75, 3.05) is 6.54 Å². The van der Waals surface area contributed by atoms with Crippen LogP contribution in [0.25, 0.3) is 10.8 Å². The molecule has 44 heavy (non-hydrogen) atoms. The van der Waals surface area contributed by atoms with Gasteiger partial charge in [-0.3, -0.25) is 19.1 Å². The number of nitrogens with two attached hydrogens (primary N) is 1. The number of aromatic nitrogens is 1. The van der Waals surface area contributed by atoms with Crippen molar-refractivity contribution >= 4 is 63.3 Å². The van der Waals surface area contributed by atoms with Crippen molar-refractivity contribution in [2.24, 2.45) is 11.7 Å².